The zero-order chi connectivity index (χ0) is 24.0. The number of hydrogen-bond acceptors (Lipinski definition) is 8. The van der Waals surface area contributed by atoms with E-state index in [-0.39, 0.29) is 21.4 Å². The quantitative estimate of drug-likeness (QED) is 0.369. The Hall–Kier alpha value is -2.38. The van der Waals surface area contributed by atoms with Crippen LogP contribution in [0.4, 0.5) is 10.1 Å². The first-order valence-electron chi connectivity index (χ1n) is 9.67. The van der Waals surface area contributed by atoms with Crippen molar-refractivity contribution < 1.29 is 26.3 Å². The van der Waals surface area contributed by atoms with Crippen LogP contribution < -0.4 is 4.72 Å². The molecular formula is C21H19FN2O5S4. The van der Waals surface area contributed by atoms with E-state index in [9.17, 15) is 26.3 Å². The molecule has 0 amide bonds. The maximum atomic E-state index is 13.7. The monoisotopic (exact) mass is 526 g/mol. The van der Waals surface area contributed by atoms with Gasteiger partial charge in [0, 0.05) is 21.9 Å². The van der Waals surface area contributed by atoms with E-state index in [1.807, 2.05) is 0 Å². The minimum absolute atomic E-state index is 0.0154. The number of aliphatic hydroxyl groups is 1. The Morgan fingerprint density at radius 3 is 2.52 bits per heavy atom. The summed E-state index contributed by atoms with van der Waals surface area (Å²) in [4.78, 5) is 4.03. The van der Waals surface area contributed by atoms with E-state index in [0.29, 0.717) is 38.3 Å². The van der Waals surface area contributed by atoms with Crippen molar-refractivity contribution in [1.29, 1.82) is 0 Å². The predicted octanol–water partition coefficient (Wildman–Crippen LogP) is 4.42. The number of fused-ring (bicyclic) bond motifs is 1. The fourth-order valence-corrected chi connectivity index (χ4v) is 8.11. The standard InChI is InChI=1S/C21H19FN2O5S4/c1-3-15-16-9-13(22)5-7-18(16)31-21(15)33(28,29)24-17-6-4-12(8-19(17)32(2,26)27)20-23-14(10-25)11-30-20/h4-9,11,24-25H,3,10H2,1-2H3. The number of anilines is 1. The summed E-state index contributed by atoms with van der Waals surface area (Å²) >= 11 is 2.24. The first-order chi connectivity index (χ1) is 15.5. The molecule has 12 heteroatoms. The molecule has 2 heterocycles. The van der Waals surface area contributed by atoms with E-state index in [1.54, 1.807) is 18.4 Å². The summed E-state index contributed by atoms with van der Waals surface area (Å²) < 4.78 is 68.3. The third kappa shape index (κ3) is 4.66. The van der Waals surface area contributed by atoms with E-state index in [4.69, 9.17) is 0 Å². The number of benzene rings is 2. The Balaban J connectivity index is 1.80. The van der Waals surface area contributed by atoms with Gasteiger partial charge in [-0.3, -0.25) is 4.72 Å². The first kappa shape index (κ1) is 23.8. The molecule has 0 fully saturated rings. The predicted molar refractivity (Wildman–Crippen MR) is 129 cm³/mol. The zero-order valence-electron chi connectivity index (χ0n) is 17.5. The van der Waals surface area contributed by atoms with Gasteiger partial charge in [-0.25, -0.2) is 26.2 Å². The molecule has 4 aromatic rings. The summed E-state index contributed by atoms with van der Waals surface area (Å²) in [5, 5.41) is 11.9. The summed E-state index contributed by atoms with van der Waals surface area (Å²) in [5.74, 6) is -0.464. The highest BCUT2D eigenvalue weighted by Crippen LogP contribution is 2.38. The number of halogens is 1. The van der Waals surface area contributed by atoms with E-state index >= 15 is 0 Å². The summed E-state index contributed by atoms with van der Waals surface area (Å²) in [5.41, 5.74) is 1.31. The lowest BCUT2D eigenvalue weighted by Crippen LogP contribution is -2.15. The van der Waals surface area contributed by atoms with Gasteiger partial charge in [0.1, 0.15) is 15.0 Å². The molecule has 0 aliphatic carbocycles. The van der Waals surface area contributed by atoms with Gasteiger partial charge in [0.25, 0.3) is 10.0 Å². The van der Waals surface area contributed by atoms with Gasteiger partial charge in [-0.1, -0.05) is 6.92 Å². The van der Waals surface area contributed by atoms with Crippen molar-refractivity contribution in [3.63, 3.8) is 0 Å². The Kier molecular flexibility index (Phi) is 6.31. The Morgan fingerprint density at radius 1 is 1.12 bits per heavy atom. The van der Waals surface area contributed by atoms with Gasteiger partial charge < -0.3 is 5.11 Å². The van der Waals surface area contributed by atoms with E-state index in [0.717, 1.165) is 17.6 Å². The van der Waals surface area contributed by atoms with Crippen LogP contribution in [0.3, 0.4) is 0 Å². The minimum Gasteiger partial charge on any atom is -0.390 e. The fraction of sp³-hybridized carbons (Fsp3) is 0.190. The van der Waals surface area contributed by atoms with Crippen LogP contribution in [0.2, 0.25) is 0 Å². The molecule has 0 atom stereocenters. The van der Waals surface area contributed by atoms with Crippen molar-refractivity contribution in [2.24, 2.45) is 0 Å². The number of nitrogens with one attached hydrogen (secondary N) is 1. The summed E-state index contributed by atoms with van der Waals surface area (Å²) in [7, 11) is -7.96. The minimum atomic E-state index is -4.16. The van der Waals surface area contributed by atoms with Gasteiger partial charge in [-0.05, 0) is 53.8 Å². The highest BCUT2D eigenvalue weighted by molar-refractivity contribution is 7.95. The molecule has 2 aromatic carbocycles. The number of thiophene rings is 1. The maximum Gasteiger partial charge on any atom is 0.271 e. The van der Waals surface area contributed by atoms with Gasteiger partial charge >= 0.3 is 0 Å². The highest BCUT2D eigenvalue weighted by Gasteiger charge is 2.26. The smallest absolute Gasteiger partial charge is 0.271 e. The van der Waals surface area contributed by atoms with E-state index in [1.165, 1.54) is 41.7 Å². The van der Waals surface area contributed by atoms with Gasteiger partial charge in [-0.15, -0.1) is 22.7 Å². The Labute approximate surface area is 198 Å². The lowest BCUT2D eigenvalue weighted by Gasteiger charge is -2.13. The zero-order valence-corrected chi connectivity index (χ0v) is 20.8. The molecule has 2 N–H and O–H groups in total. The molecule has 0 radical (unpaired) electrons. The van der Waals surface area contributed by atoms with Crippen LogP contribution in [0, 0.1) is 5.82 Å². The molecule has 0 aliphatic heterocycles. The molecular weight excluding hydrogens is 508 g/mol. The van der Waals surface area contributed by atoms with Crippen molar-refractivity contribution in [3.05, 3.63) is 58.9 Å². The van der Waals surface area contributed by atoms with Gasteiger partial charge in [0.05, 0.1) is 22.9 Å². The second-order valence-corrected chi connectivity index (χ2v) is 13.0. The van der Waals surface area contributed by atoms with Gasteiger partial charge in [0.2, 0.25) is 0 Å². The molecule has 0 aliphatic rings. The Morgan fingerprint density at radius 2 is 1.88 bits per heavy atom. The van der Waals surface area contributed by atoms with Crippen molar-refractivity contribution >= 4 is 58.3 Å². The van der Waals surface area contributed by atoms with E-state index < -0.39 is 25.7 Å². The molecule has 0 saturated carbocycles. The number of sulfone groups is 1. The van der Waals surface area contributed by atoms with Crippen LogP contribution in [-0.2, 0) is 32.9 Å². The SMILES string of the molecule is CCc1c(S(=O)(=O)Nc2ccc(-c3nc(CO)cs3)cc2S(C)(=O)=O)sc2ccc(F)cc12. The highest BCUT2D eigenvalue weighted by atomic mass is 32.2. The maximum absolute atomic E-state index is 13.7. The number of rotatable bonds is 7. The van der Waals surface area contributed by atoms with Crippen molar-refractivity contribution in [1.82, 2.24) is 4.98 Å². The molecule has 33 heavy (non-hydrogen) atoms. The van der Waals surface area contributed by atoms with Crippen molar-refractivity contribution in [2.45, 2.75) is 29.1 Å². The Bertz CT molecular complexity index is 1570. The second-order valence-electron chi connectivity index (χ2n) is 7.25. The number of nitrogens with zero attached hydrogens (tertiary/aromatic N) is 1. The number of aliphatic hydroxyl groups excluding tert-OH is 1. The molecule has 0 bridgehead atoms. The van der Waals surface area contributed by atoms with E-state index in [2.05, 4.69) is 9.71 Å². The summed E-state index contributed by atoms with van der Waals surface area (Å²) in [6.07, 6.45) is 1.35. The molecule has 0 saturated heterocycles. The number of aryl methyl sites for hydroxylation is 1. The number of thiazole rings is 1. The third-order valence-corrected chi connectivity index (χ3v) is 10.1. The van der Waals surface area contributed by atoms with Gasteiger partial charge in [0.15, 0.2) is 9.84 Å². The van der Waals surface area contributed by atoms with Crippen LogP contribution >= 0.6 is 22.7 Å². The van der Waals surface area contributed by atoms with Crippen molar-refractivity contribution in [2.75, 3.05) is 11.0 Å². The molecule has 0 unspecified atom stereocenters. The molecule has 0 spiro atoms. The fourth-order valence-electron chi connectivity index (χ4n) is 3.40. The average molecular weight is 527 g/mol. The average Bonchev–Trinajstić information content (AvgIpc) is 3.37. The molecule has 4 rings (SSSR count). The lowest BCUT2D eigenvalue weighted by atomic mass is 10.1. The van der Waals surface area contributed by atoms with Gasteiger partial charge in [-0.2, -0.15) is 0 Å². The summed E-state index contributed by atoms with van der Waals surface area (Å²) in [6.45, 7) is 1.53. The number of hydrogen-bond donors (Lipinski definition) is 2. The number of sulfonamides is 1. The normalized spacial score (nSPS) is 12.4. The molecule has 174 valence electrons. The third-order valence-electron chi connectivity index (χ3n) is 4.90. The number of aromatic nitrogens is 1. The van der Waals surface area contributed by atoms with Crippen LogP contribution in [0.1, 0.15) is 18.2 Å². The molecule has 7 nitrogen and oxygen atoms in total. The van der Waals surface area contributed by atoms with Crippen LogP contribution in [-0.4, -0.2) is 33.2 Å². The lowest BCUT2D eigenvalue weighted by molar-refractivity contribution is 0.278. The largest absolute Gasteiger partial charge is 0.390 e. The summed E-state index contributed by atoms with van der Waals surface area (Å²) in [6, 6.07) is 8.39. The van der Waals surface area contributed by atoms with Crippen LogP contribution in [0.25, 0.3) is 20.7 Å². The topological polar surface area (TPSA) is 113 Å². The molecule has 2 aromatic heterocycles. The second kappa shape index (κ2) is 8.76. The van der Waals surface area contributed by atoms with Crippen LogP contribution in [0.5, 0.6) is 0 Å². The van der Waals surface area contributed by atoms with Crippen molar-refractivity contribution in [3.8, 4) is 10.6 Å². The first-order valence-corrected chi connectivity index (χ1v) is 14.7. The van der Waals surface area contributed by atoms with Crippen LogP contribution in [0.15, 0.2) is 50.9 Å².